The molecule has 1 unspecified atom stereocenters. The monoisotopic (exact) mass is 369 g/mol. The third-order valence-electron chi connectivity index (χ3n) is 3.92. The fourth-order valence-electron chi connectivity index (χ4n) is 2.74. The first-order chi connectivity index (χ1) is 11.5. The van der Waals surface area contributed by atoms with Crippen LogP contribution in [0.15, 0.2) is 34.7 Å². The third kappa shape index (κ3) is 3.16. The molecule has 0 aromatic heterocycles. The van der Waals surface area contributed by atoms with Crippen molar-refractivity contribution in [1.82, 2.24) is 15.5 Å². The summed E-state index contributed by atoms with van der Waals surface area (Å²) in [6.45, 7) is 0.0726. The molecular formula is C15H16ClN3O4S. The molecule has 3 rings (SSSR count). The van der Waals surface area contributed by atoms with Crippen molar-refractivity contribution < 1.29 is 19.5 Å². The first-order valence-electron chi connectivity index (χ1n) is 7.43. The van der Waals surface area contributed by atoms with Crippen LogP contribution in [0.4, 0.5) is 0 Å². The van der Waals surface area contributed by atoms with E-state index in [0.29, 0.717) is 5.75 Å². The summed E-state index contributed by atoms with van der Waals surface area (Å²) in [5.74, 6) is -1.68. The lowest BCUT2D eigenvalue weighted by molar-refractivity contribution is -0.150. The first kappa shape index (κ1) is 16.9. The number of hydrogen-bond donors (Lipinski definition) is 3. The number of carbonyl (C=O) groups is 3. The van der Waals surface area contributed by atoms with E-state index in [1.165, 1.54) is 11.8 Å². The predicted molar refractivity (Wildman–Crippen MR) is 90.0 cm³/mol. The number of amides is 2. The van der Waals surface area contributed by atoms with Gasteiger partial charge in [0.15, 0.2) is 0 Å². The number of allylic oxidation sites excluding steroid dienone is 3. The van der Waals surface area contributed by atoms with Gasteiger partial charge in [-0.1, -0.05) is 29.8 Å². The van der Waals surface area contributed by atoms with E-state index >= 15 is 0 Å². The molecule has 1 saturated heterocycles. The molecule has 1 aliphatic carbocycles. The number of thioether (sulfide) groups is 1. The number of rotatable bonds is 5. The van der Waals surface area contributed by atoms with Gasteiger partial charge in [0.2, 0.25) is 5.91 Å². The van der Waals surface area contributed by atoms with Crippen molar-refractivity contribution in [1.29, 1.82) is 0 Å². The van der Waals surface area contributed by atoms with Crippen LogP contribution in [-0.4, -0.2) is 51.5 Å². The molecule has 0 bridgehead atoms. The second kappa shape index (κ2) is 6.90. The fraction of sp³-hybridized carbons (Fsp3) is 0.400. The minimum absolute atomic E-state index is 0.0726. The maximum Gasteiger partial charge on any atom is 0.353 e. The van der Waals surface area contributed by atoms with Crippen molar-refractivity contribution >= 4 is 41.1 Å². The summed E-state index contributed by atoms with van der Waals surface area (Å²) in [5, 5.41) is 14.6. The average molecular weight is 370 g/mol. The van der Waals surface area contributed by atoms with Crippen LogP contribution in [0.25, 0.3) is 0 Å². The summed E-state index contributed by atoms with van der Waals surface area (Å²) in [4.78, 5) is 36.6. The quantitative estimate of drug-likeness (QED) is 0.488. The molecule has 1 fully saturated rings. The zero-order valence-corrected chi connectivity index (χ0v) is 14.2. The van der Waals surface area contributed by atoms with E-state index in [2.05, 4.69) is 10.6 Å². The Hall–Kier alpha value is -1.93. The Morgan fingerprint density at radius 2 is 2.21 bits per heavy atom. The summed E-state index contributed by atoms with van der Waals surface area (Å²) in [5.41, 5.74) is 0.789. The largest absolute Gasteiger partial charge is 0.477 e. The van der Waals surface area contributed by atoms with Crippen molar-refractivity contribution in [3.63, 3.8) is 0 Å². The normalized spacial score (nSPS) is 25.6. The Labute approximate surface area is 147 Å². The first-order valence-corrected chi connectivity index (χ1v) is 8.85. The summed E-state index contributed by atoms with van der Waals surface area (Å²) >= 11 is 7.24. The fourth-order valence-corrected chi connectivity index (χ4v) is 4.29. The summed E-state index contributed by atoms with van der Waals surface area (Å²) < 4.78 is 0. The van der Waals surface area contributed by atoms with E-state index in [4.69, 9.17) is 11.6 Å². The number of hydrogen-bond acceptors (Lipinski definition) is 5. The smallest absolute Gasteiger partial charge is 0.353 e. The van der Waals surface area contributed by atoms with E-state index in [9.17, 15) is 19.5 Å². The predicted octanol–water partition coefficient (Wildman–Crippen LogP) is 0.745. The maximum atomic E-state index is 12.2. The molecule has 9 heteroatoms. The summed E-state index contributed by atoms with van der Waals surface area (Å²) in [6, 6.07) is -0.719. The van der Waals surface area contributed by atoms with Crippen molar-refractivity contribution in [3.8, 4) is 0 Å². The number of nitrogens with zero attached hydrogens (tertiary/aromatic N) is 1. The minimum atomic E-state index is -1.23. The SMILES string of the molecule is O=C(CNC1=CCC=CC1)NC1C(=O)N2C(C(=O)O)=C(Cl)CS[C@@H]12. The van der Waals surface area contributed by atoms with Gasteiger partial charge in [-0.05, 0) is 6.42 Å². The van der Waals surface area contributed by atoms with Gasteiger partial charge in [0.25, 0.3) is 5.91 Å². The molecule has 0 spiro atoms. The van der Waals surface area contributed by atoms with Crippen molar-refractivity contribution in [2.45, 2.75) is 24.3 Å². The van der Waals surface area contributed by atoms with Gasteiger partial charge in [-0.25, -0.2) is 4.79 Å². The zero-order valence-electron chi connectivity index (χ0n) is 12.6. The van der Waals surface area contributed by atoms with Crippen molar-refractivity contribution in [2.75, 3.05) is 12.3 Å². The molecule has 128 valence electrons. The topological polar surface area (TPSA) is 98.7 Å². The number of fused-ring (bicyclic) bond motifs is 1. The van der Waals surface area contributed by atoms with Crippen LogP contribution in [0.1, 0.15) is 12.8 Å². The molecule has 2 atom stereocenters. The van der Waals surface area contributed by atoms with Crippen molar-refractivity contribution in [3.05, 3.63) is 34.7 Å². The van der Waals surface area contributed by atoms with Crippen LogP contribution in [0.2, 0.25) is 0 Å². The van der Waals surface area contributed by atoms with Crippen LogP contribution < -0.4 is 10.6 Å². The number of carboxylic acids is 1. The average Bonchev–Trinajstić information content (AvgIpc) is 2.58. The van der Waals surface area contributed by atoms with Gasteiger partial charge in [-0.3, -0.25) is 14.5 Å². The second-order valence-electron chi connectivity index (χ2n) is 5.51. The molecule has 2 aliphatic heterocycles. The Balaban J connectivity index is 1.56. The Bertz CT molecular complexity index is 688. The number of carbonyl (C=O) groups excluding carboxylic acids is 2. The lowest BCUT2D eigenvalue weighted by Crippen LogP contribution is -2.70. The molecule has 24 heavy (non-hydrogen) atoms. The maximum absolute atomic E-state index is 12.2. The van der Waals surface area contributed by atoms with Crippen LogP contribution in [0.3, 0.4) is 0 Å². The second-order valence-corrected chi connectivity index (χ2v) is 7.07. The van der Waals surface area contributed by atoms with Gasteiger partial charge in [0, 0.05) is 17.9 Å². The van der Waals surface area contributed by atoms with E-state index in [-0.39, 0.29) is 23.2 Å². The number of nitrogens with one attached hydrogen (secondary N) is 2. The van der Waals surface area contributed by atoms with Crippen LogP contribution in [0, 0.1) is 0 Å². The molecule has 2 amide bonds. The van der Waals surface area contributed by atoms with Gasteiger partial charge in [-0.2, -0.15) is 0 Å². The van der Waals surface area contributed by atoms with Crippen LogP contribution >= 0.6 is 23.4 Å². The van der Waals surface area contributed by atoms with Gasteiger partial charge in [0.1, 0.15) is 17.1 Å². The molecule has 3 aliphatic rings. The molecule has 0 aromatic carbocycles. The highest BCUT2D eigenvalue weighted by Gasteiger charge is 2.54. The van der Waals surface area contributed by atoms with E-state index in [0.717, 1.165) is 23.4 Å². The lowest BCUT2D eigenvalue weighted by atomic mass is 10.1. The van der Waals surface area contributed by atoms with Gasteiger partial charge >= 0.3 is 5.97 Å². The molecule has 0 radical (unpaired) electrons. The number of β-lactam (4-membered cyclic amide) rings is 1. The van der Waals surface area contributed by atoms with Crippen LogP contribution in [-0.2, 0) is 14.4 Å². The zero-order chi connectivity index (χ0) is 17.3. The molecule has 3 N–H and O–H groups in total. The van der Waals surface area contributed by atoms with Crippen LogP contribution in [0.5, 0.6) is 0 Å². The van der Waals surface area contributed by atoms with E-state index < -0.39 is 23.3 Å². The Morgan fingerprint density at radius 1 is 1.42 bits per heavy atom. The standard InChI is InChI=1S/C15H16ClN3O4S/c16-9-7-24-14-11(13(21)19(14)12(9)15(22)23)18-10(20)6-17-8-4-2-1-3-5-8/h1-2,5,11,14,17H,3-4,6-7H2,(H,18,20)(H,22,23)/t11?,14-/m0/s1. The molecule has 0 aromatic rings. The summed E-state index contributed by atoms with van der Waals surface area (Å²) in [6.07, 6.45) is 7.67. The minimum Gasteiger partial charge on any atom is -0.477 e. The molecule has 2 heterocycles. The van der Waals surface area contributed by atoms with E-state index in [1.54, 1.807) is 0 Å². The Morgan fingerprint density at radius 3 is 2.88 bits per heavy atom. The number of carboxylic acid groups (broad SMARTS) is 1. The van der Waals surface area contributed by atoms with E-state index in [1.807, 2.05) is 18.2 Å². The molecule has 0 saturated carbocycles. The van der Waals surface area contributed by atoms with Gasteiger partial charge in [0.05, 0.1) is 11.6 Å². The highest BCUT2D eigenvalue weighted by molar-refractivity contribution is 8.00. The highest BCUT2D eigenvalue weighted by atomic mass is 35.5. The molecular weight excluding hydrogens is 354 g/mol. The molecule has 7 nitrogen and oxygen atoms in total. The highest BCUT2D eigenvalue weighted by Crippen LogP contribution is 2.41. The van der Waals surface area contributed by atoms with Gasteiger partial charge in [-0.15, -0.1) is 11.8 Å². The third-order valence-corrected chi connectivity index (χ3v) is 5.67. The summed E-state index contributed by atoms with van der Waals surface area (Å²) in [7, 11) is 0. The Kier molecular flexibility index (Phi) is 4.86. The van der Waals surface area contributed by atoms with Crippen molar-refractivity contribution in [2.24, 2.45) is 0 Å². The number of aliphatic carboxylic acids is 1. The van der Waals surface area contributed by atoms with Gasteiger partial charge < -0.3 is 15.7 Å². The number of halogens is 1. The lowest BCUT2D eigenvalue weighted by Gasteiger charge is -2.48.